The Kier molecular flexibility index (Phi) is 9.35. The molecule has 4 fully saturated rings. The zero-order valence-electron chi connectivity index (χ0n) is 19.8. The lowest BCUT2D eigenvalue weighted by Crippen LogP contribution is -2.52. The third-order valence-corrected chi connectivity index (χ3v) is 10.7. The Balaban J connectivity index is 1.40. The van der Waals surface area contributed by atoms with Crippen molar-refractivity contribution < 1.29 is 19.4 Å². The molecule has 5 N–H and O–H groups in total. The highest BCUT2D eigenvalue weighted by Gasteiger charge is 2.47. The summed E-state index contributed by atoms with van der Waals surface area (Å²) in [5.41, 5.74) is 6.17. The molecular weight excluding hydrogens is 497 g/mol. The number of halogens is 2. The number of amides is 1. The van der Waals surface area contributed by atoms with Crippen molar-refractivity contribution in [2.45, 2.75) is 92.2 Å². The van der Waals surface area contributed by atoms with Crippen LogP contribution < -0.4 is 16.4 Å². The van der Waals surface area contributed by atoms with Gasteiger partial charge in [-0.3, -0.25) is 14.9 Å². The molecule has 0 bridgehead atoms. The lowest BCUT2D eigenvalue weighted by molar-refractivity contribution is -0.150. The van der Waals surface area contributed by atoms with Crippen LogP contribution in [0, 0.1) is 29.6 Å². The summed E-state index contributed by atoms with van der Waals surface area (Å²) in [5.74, 6) is -0.308. The molecule has 0 spiro atoms. The molecule has 34 heavy (non-hydrogen) atoms. The number of carboxylic acid groups (broad SMARTS) is 1. The van der Waals surface area contributed by atoms with Crippen molar-refractivity contribution in [3.8, 4) is 0 Å². The SMILES string of the molecule is COC1CCC(C(=O)O)C(C2CC(N)CCC2C(=O)NC2NC(C3CCC(Cl)CC3Cl)CS2)C1. The van der Waals surface area contributed by atoms with Gasteiger partial charge in [-0.05, 0) is 75.5 Å². The highest BCUT2D eigenvalue weighted by atomic mass is 35.5. The normalized spacial score (nSPS) is 45.6. The summed E-state index contributed by atoms with van der Waals surface area (Å²) in [7, 11) is 1.68. The van der Waals surface area contributed by atoms with E-state index in [-0.39, 0.29) is 58.1 Å². The van der Waals surface area contributed by atoms with Gasteiger partial charge in [-0.25, -0.2) is 0 Å². The van der Waals surface area contributed by atoms with Crippen LogP contribution in [0.15, 0.2) is 0 Å². The first-order valence-corrected chi connectivity index (χ1v) is 14.7. The molecule has 194 valence electrons. The third-order valence-electron chi connectivity index (χ3n) is 8.69. The first-order chi connectivity index (χ1) is 16.3. The predicted octanol–water partition coefficient (Wildman–Crippen LogP) is 3.37. The molecule has 10 heteroatoms. The molecule has 7 nitrogen and oxygen atoms in total. The molecule has 1 heterocycles. The molecule has 1 aliphatic heterocycles. The lowest BCUT2D eigenvalue weighted by Gasteiger charge is -2.44. The molecule has 0 aromatic rings. The largest absolute Gasteiger partial charge is 0.481 e. The van der Waals surface area contributed by atoms with Crippen LogP contribution in [0.25, 0.3) is 0 Å². The Bertz CT molecular complexity index is 734. The van der Waals surface area contributed by atoms with Crippen molar-refractivity contribution in [1.29, 1.82) is 0 Å². The molecule has 0 aromatic heterocycles. The second kappa shape index (κ2) is 11.9. The smallest absolute Gasteiger partial charge is 0.306 e. The highest BCUT2D eigenvalue weighted by Crippen LogP contribution is 2.45. The van der Waals surface area contributed by atoms with E-state index in [0.29, 0.717) is 31.6 Å². The van der Waals surface area contributed by atoms with E-state index < -0.39 is 11.9 Å². The van der Waals surface area contributed by atoms with Crippen molar-refractivity contribution in [1.82, 2.24) is 10.6 Å². The molecule has 0 aromatic carbocycles. The number of aliphatic carboxylic acids is 1. The lowest BCUT2D eigenvalue weighted by atomic mass is 9.62. The molecule has 11 unspecified atom stereocenters. The van der Waals surface area contributed by atoms with Crippen LogP contribution in [0.5, 0.6) is 0 Å². The van der Waals surface area contributed by atoms with E-state index in [1.807, 2.05) is 0 Å². The molecule has 1 amide bonds. The topological polar surface area (TPSA) is 114 Å². The van der Waals surface area contributed by atoms with Gasteiger partial charge in [0.2, 0.25) is 5.91 Å². The van der Waals surface area contributed by atoms with E-state index in [1.54, 1.807) is 18.9 Å². The number of methoxy groups -OCH3 is 1. The number of ether oxygens (including phenoxy) is 1. The number of rotatable bonds is 6. The summed E-state index contributed by atoms with van der Waals surface area (Å²) < 4.78 is 5.60. The monoisotopic (exact) mass is 535 g/mol. The fraction of sp³-hybridized carbons (Fsp3) is 0.917. The Morgan fingerprint density at radius 2 is 1.74 bits per heavy atom. The van der Waals surface area contributed by atoms with Gasteiger partial charge in [0.05, 0.1) is 12.0 Å². The fourth-order valence-corrected chi connectivity index (χ4v) is 8.94. The van der Waals surface area contributed by atoms with E-state index >= 15 is 0 Å². The van der Waals surface area contributed by atoms with Crippen LogP contribution in [0.2, 0.25) is 0 Å². The average molecular weight is 537 g/mol. The number of hydrogen-bond donors (Lipinski definition) is 4. The Hall–Kier alpha value is -0.250. The third kappa shape index (κ3) is 6.17. The summed E-state index contributed by atoms with van der Waals surface area (Å²) in [4.78, 5) is 25.6. The number of nitrogens with two attached hydrogens (primary N) is 1. The molecule has 3 saturated carbocycles. The number of carbonyl (C=O) groups is 2. The minimum absolute atomic E-state index is 0.00694. The fourth-order valence-electron chi connectivity index (χ4n) is 6.80. The van der Waals surface area contributed by atoms with Crippen LogP contribution in [0.3, 0.4) is 0 Å². The Morgan fingerprint density at radius 3 is 2.44 bits per heavy atom. The second-order valence-corrected chi connectivity index (χ2v) is 13.0. The minimum Gasteiger partial charge on any atom is -0.481 e. The van der Waals surface area contributed by atoms with Gasteiger partial charge in [0, 0.05) is 41.6 Å². The van der Waals surface area contributed by atoms with Gasteiger partial charge in [0.25, 0.3) is 0 Å². The molecule has 1 saturated heterocycles. The Labute approximate surface area is 217 Å². The van der Waals surface area contributed by atoms with E-state index in [4.69, 9.17) is 33.7 Å². The van der Waals surface area contributed by atoms with E-state index in [1.165, 1.54) is 0 Å². The van der Waals surface area contributed by atoms with Gasteiger partial charge in [-0.15, -0.1) is 35.0 Å². The minimum atomic E-state index is -0.768. The van der Waals surface area contributed by atoms with Crippen LogP contribution in [-0.2, 0) is 14.3 Å². The van der Waals surface area contributed by atoms with E-state index in [0.717, 1.165) is 37.9 Å². The number of nitrogens with one attached hydrogen (secondary N) is 2. The van der Waals surface area contributed by atoms with Gasteiger partial charge in [0.15, 0.2) is 0 Å². The maximum absolute atomic E-state index is 13.5. The first-order valence-electron chi connectivity index (χ1n) is 12.7. The van der Waals surface area contributed by atoms with Gasteiger partial charge in [0.1, 0.15) is 5.50 Å². The number of carboxylic acids is 1. The van der Waals surface area contributed by atoms with Gasteiger partial charge >= 0.3 is 5.97 Å². The second-order valence-electron chi connectivity index (χ2n) is 10.7. The van der Waals surface area contributed by atoms with Gasteiger partial charge < -0.3 is 20.9 Å². The number of alkyl halides is 2. The Morgan fingerprint density at radius 1 is 1.00 bits per heavy atom. The zero-order valence-corrected chi connectivity index (χ0v) is 22.2. The number of thioether (sulfide) groups is 1. The maximum Gasteiger partial charge on any atom is 0.306 e. The van der Waals surface area contributed by atoms with E-state index in [2.05, 4.69) is 10.6 Å². The van der Waals surface area contributed by atoms with Crippen molar-refractivity contribution in [2.75, 3.05) is 12.9 Å². The van der Waals surface area contributed by atoms with Crippen molar-refractivity contribution in [3.63, 3.8) is 0 Å². The summed E-state index contributed by atoms with van der Waals surface area (Å²) in [6, 6.07) is 0.266. The molecule has 3 aliphatic carbocycles. The maximum atomic E-state index is 13.5. The highest BCUT2D eigenvalue weighted by molar-refractivity contribution is 8.00. The summed E-state index contributed by atoms with van der Waals surface area (Å²) in [6.07, 6.45) is 7.03. The predicted molar refractivity (Wildman–Crippen MR) is 136 cm³/mol. The molecule has 0 radical (unpaired) electrons. The summed E-state index contributed by atoms with van der Waals surface area (Å²) in [5, 5.41) is 16.9. The summed E-state index contributed by atoms with van der Waals surface area (Å²) >= 11 is 14.6. The molecule has 11 atom stereocenters. The van der Waals surface area contributed by atoms with E-state index in [9.17, 15) is 14.7 Å². The van der Waals surface area contributed by atoms with Crippen molar-refractivity contribution in [3.05, 3.63) is 0 Å². The summed E-state index contributed by atoms with van der Waals surface area (Å²) in [6.45, 7) is 0. The van der Waals surface area contributed by atoms with Crippen LogP contribution in [-0.4, -0.2) is 64.3 Å². The van der Waals surface area contributed by atoms with Crippen LogP contribution in [0.4, 0.5) is 0 Å². The number of carbonyl (C=O) groups excluding carboxylic acids is 1. The molecular formula is C24H39Cl2N3O4S. The van der Waals surface area contributed by atoms with Crippen molar-refractivity contribution >= 4 is 46.8 Å². The quantitative estimate of drug-likeness (QED) is 0.385. The molecule has 4 aliphatic rings. The standard InChI is InChI=1S/C24H39Cl2N3O4S/c1-33-14-4-7-16(23(31)32)19(10-14)18-9-13(27)3-6-15(18)22(30)29-24-28-21(11-34-24)17-5-2-12(25)8-20(17)26/h12-21,24,28H,2-11,27H2,1H3,(H,29,30)(H,31,32). The van der Waals surface area contributed by atoms with Crippen LogP contribution in [0.1, 0.15) is 57.8 Å². The first kappa shape index (κ1) is 26.8. The van der Waals surface area contributed by atoms with Crippen LogP contribution >= 0.6 is 35.0 Å². The average Bonchev–Trinajstić information content (AvgIpc) is 3.26. The zero-order chi connectivity index (χ0) is 24.4. The molecule has 4 rings (SSSR count). The van der Waals surface area contributed by atoms with Gasteiger partial charge in [-0.2, -0.15) is 0 Å². The van der Waals surface area contributed by atoms with Crippen molar-refractivity contribution in [2.24, 2.45) is 35.3 Å². The number of hydrogen-bond acceptors (Lipinski definition) is 6. The van der Waals surface area contributed by atoms with Gasteiger partial charge in [-0.1, -0.05) is 0 Å².